The van der Waals surface area contributed by atoms with Gasteiger partial charge < -0.3 is 14.8 Å². The molecule has 1 saturated carbocycles. The molecular weight excluding hydrogens is 226 g/mol. The van der Waals surface area contributed by atoms with Crippen molar-refractivity contribution >= 4 is 0 Å². The van der Waals surface area contributed by atoms with E-state index in [1.54, 1.807) is 7.11 Å². The molecule has 0 saturated heterocycles. The highest BCUT2D eigenvalue weighted by atomic mass is 16.5. The van der Waals surface area contributed by atoms with Gasteiger partial charge in [-0.2, -0.15) is 0 Å². The van der Waals surface area contributed by atoms with Crippen LogP contribution >= 0.6 is 0 Å². The highest BCUT2D eigenvalue weighted by Crippen LogP contribution is 2.29. The SMILES string of the molecule is CNC1CC(Oc2ccc(C(C)C)cc2)C1OC. The maximum atomic E-state index is 5.96. The fraction of sp³-hybridized carbons (Fsp3) is 0.600. The molecule has 3 nitrogen and oxygen atoms in total. The molecule has 1 aromatic carbocycles. The van der Waals surface area contributed by atoms with Crippen molar-refractivity contribution in [3.8, 4) is 5.75 Å². The van der Waals surface area contributed by atoms with Gasteiger partial charge in [-0.05, 0) is 30.7 Å². The van der Waals surface area contributed by atoms with Gasteiger partial charge in [-0.25, -0.2) is 0 Å². The lowest BCUT2D eigenvalue weighted by Gasteiger charge is -2.43. The average Bonchev–Trinajstić information content (AvgIpc) is 2.35. The Morgan fingerprint density at radius 3 is 2.39 bits per heavy atom. The molecule has 3 unspecified atom stereocenters. The Bertz CT molecular complexity index is 375. The molecule has 0 radical (unpaired) electrons. The molecule has 0 aliphatic heterocycles. The summed E-state index contributed by atoms with van der Waals surface area (Å²) in [6, 6.07) is 8.78. The minimum absolute atomic E-state index is 0.153. The Labute approximate surface area is 109 Å². The fourth-order valence-electron chi connectivity index (χ4n) is 2.40. The van der Waals surface area contributed by atoms with E-state index in [1.165, 1.54) is 5.56 Å². The van der Waals surface area contributed by atoms with E-state index in [0.29, 0.717) is 12.0 Å². The van der Waals surface area contributed by atoms with Crippen molar-refractivity contribution in [1.29, 1.82) is 0 Å². The minimum Gasteiger partial charge on any atom is -0.488 e. The van der Waals surface area contributed by atoms with Crippen molar-refractivity contribution in [3.05, 3.63) is 29.8 Å². The zero-order valence-corrected chi connectivity index (χ0v) is 11.6. The molecule has 0 heterocycles. The predicted molar refractivity (Wildman–Crippen MR) is 73.2 cm³/mol. The Balaban J connectivity index is 1.94. The highest BCUT2D eigenvalue weighted by Gasteiger charge is 2.42. The van der Waals surface area contributed by atoms with Gasteiger partial charge in [0.2, 0.25) is 0 Å². The number of hydrogen-bond donors (Lipinski definition) is 1. The lowest BCUT2D eigenvalue weighted by molar-refractivity contribution is -0.0869. The largest absolute Gasteiger partial charge is 0.488 e. The highest BCUT2D eigenvalue weighted by molar-refractivity contribution is 5.29. The third kappa shape index (κ3) is 2.68. The van der Waals surface area contributed by atoms with Crippen LogP contribution in [0.3, 0.4) is 0 Å². The van der Waals surface area contributed by atoms with E-state index >= 15 is 0 Å². The van der Waals surface area contributed by atoms with Crippen LogP contribution in [0, 0.1) is 0 Å². The van der Waals surface area contributed by atoms with E-state index in [2.05, 4.69) is 43.4 Å². The van der Waals surface area contributed by atoms with Gasteiger partial charge in [0.05, 0.1) is 0 Å². The number of likely N-dealkylation sites (N-methyl/N-ethyl adjacent to an activating group) is 1. The van der Waals surface area contributed by atoms with E-state index < -0.39 is 0 Å². The fourth-order valence-corrected chi connectivity index (χ4v) is 2.40. The lowest BCUT2D eigenvalue weighted by Crippen LogP contribution is -2.60. The molecule has 3 atom stereocenters. The standard InChI is InChI=1S/C15H23NO2/c1-10(2)11-5-7-12(8-6-11)18-14-9-13(16-3)15(14)17-4/h5-8,10,13-16H,9H2,1-4H3. The van der Waals surface area contributed by atoms with Crippen LogP contribution in [-0.2, 0) is 4.74 Å². The number of nitrogens with one attached hydrogen (secondary N) is 1. The summed E-state index contributed by atoms with van der Waals surface area (Å²) in [6.07, 6.45) is 1.32. The molecular formula is C15H23NO2. The molecule has 3 heteroatoms. The van der Waals surface area contributed by atoms with E-state index in [9.17, 15) is 0 Å². The number of rotatable bonds is 5. The minimum atomic E-state index is 0.153. The number of benzene rings is 1. The third-order valence-corrected chi connectivity index (χ3v) is 3.73. The summed E-state index contributed by atoms with van der Waals surface area (Å²) in [7, 11) is 3.71. The number of hydrogen-bond acceptors (Lipinski definition) is 3. The molecule has 1 aliphatic carbocycles. The Kier molecular flexibility index (Phi) is 4.25. The number of methoxy groups -OCH3 is 1. The van der Waals surface area contributed by atoms with Crippen molar-refractivity contribution in [2.75, 3.05) is 14.2 Å². The molecule has 100 valence electrons. The maximum absolute atomic E-state index is 5.96. The van der Waals surface area contributed by atoms with Crippen LogP contribution in [0.15, 0.2) is 24.3 Å². The zero-order chi connectivity index (χ0) is 13.1. The summed E-state index contributed by atoms with van der Waals surface area (Å²) in [6.45, 7) is 4.39. The second-order valence-electron chi connectivity index (χ2n) is 5.21. The molecule has 0 spiro atoms. The quantitative estimate of drug-likeness (QED) is 0.870. The van der Waals surface area contributed by atoms with Gasteiger partial charge in [0.15, 0.2) is 0 Å². The Morgan fingerprint density at radius 2 is 1.89 bits per heavy atom. The smallest absolute Gasteiger partial charge is 0.128 e. The van der Waals surface area contributed by atoms with Crippen molar-refractivity contribution in [3.63, 3.8) is 0 Å². The third-order valence-electron chi connectivity index (χ3n) is 3.73. The van der Waals surface area contributed by atoms with Gasteiger partial charge in [0, 0.05) is 19.6 Å². The zero-order valence-electron chi connectivity index (χ0n) is 11.6. The topological polar surface area (TPSA) is 30.5 Å². The van der Waals surface area contributed by atoms with Crippen LogP contribution in [0.4, 0.5) is 0 Å². The molecule has 2 rings (SSSR count). The first-order valence-electron chi connectivity index (χ1n) is 6.62. The van der Waals surface area contributed by atoms with Crippen LogP contribution in [0.25, 0.3) is 0 Å². The summed E-state index contributed by atoms with van der Waals surface area (Å²) in [4.78, 5) is 0. The van der Waals surface area contributed by atoms with Crippen molar-refractivity contribution in [1.82, 2.24) is 5.32 Å². The summed E-state index contributed by atoms with van der Waals surface area (Å²) < 4.78 is 11.4. The van der Waals surface area contributed by atoms with Gasteiger partial charge in [-0.3, -0.25) is 0 Å². The molecule has 1 fully saturated rings. The van der Waals surface area contributed by atoms with Crippen molar-refractivity contribution < 1.29 is 9.47 Å². The van der Waals surface area contributed by atoms with Crippen molar-refractivity contribution in [2.24, 2.45) is 0 Å². The van der Waals surface area contributed by atoms with Crippen LogP contribution < -0.4 is 10.1 Å². The molecule has 1 aromatic rings. The molecule has 1 aliphatic rings. The van der Waals surface area contributed by atoms with Crippen molar-refractivity contribution in [2.45, 2.75) is 44.4 Å². The summed E-state index contributed by atoms with van der Waals surface area (Å²) in [5, 5.41) is 3.24. The molecule has 1 N–H and O–H groups in total. The summed E-state index contributed by atoms with van der Waals surface area (Å²) >= 11 is 0. The van der Waals surface area contributed by atoms with E-state index in [1.807, 2.05) is 7.05 Å². The average molecular weight is 249 g/mol. The van der Waals surface area contributed by atoms with Crippen LogP contribution in [0.5, 0.6) is 5.75 Å². The molecule has 0 aromatic heterocycles. The Morgan fingerprint density at radius 1 is 1.22 bits per heavy atom. The number of ether oxygens (including phenoxy) is 2. The molecule has 18 heavy (non-hydrogen) atoms. The van der Waals surface area contributed by atoms with Gasteiger partial charge in [0.1, 0.15) is 18.0 Å². The molecule has 0 bridgehead atoms. The lowest BCUT2D eigenvalue weighted by atomic mass is 9.85. The van der Waals surface area contributed by atoms with Crippen LogP contribution in [0.1, 0.15) is 31.7 Å². The Hall–Kier alpha value is -1.06. The second-order valence-corrected chi connectivity index (χ2v) is 5.21. The first kappa shape index (κ1) is 13.4. The van der Waals surface area contributed by atoms with Gasteiger partial charge in [-0.1, -0.05) is 26.0 Å². The van der Waals surface area contributed by atoms with E-state index in [0.717, 1.165) is 12.2 Å². The van der Waals surface area contributed by atoms with Gasteiger partial charge in [-0.15, -0.1) is 0 Å². The van der Waals surface area contributed by atoms with Gasteiger partial charge >= 0.3 is 0 Å². The molecule has 0 amide bonds. The predicted octanol–water partition coefficient (Wildman–Crippen LogP) is 2.56. The summed E-state index contributed by atoms with van der Waals surface area (Å²) in [5.74, 6) is 1.49. The van der Waals surface area contributed by atoms with E-state index in [-0.39, 0.29) is 12.2 Å². The monoisotopic (exact) mass is 249 g/mol. The van der Waals surface area contributed by atoms with Crippen LogP contribution in [0.2, 0.25) is 0 Å². The first-order chi connectivity index (χ1) is 8.65. The van der Waals surface area contributed by atoms with E-state index in [4.69, 9.17) is 9.47 Å². The maximum Gasteiger partial charge on any atom is 0.128 e. The van der Waals surface area contributed by atoms with Crippen LogP contribution in [-0.4, -0.2) is 32.4 Å². The van der Waals surface area contributed by atoms with Gasteiger partial charge in [0.25, 0.3) is 0 Å². The first-order valence-corrected chi connectivity index (χ1v) is 6.62. The second kappa shape index (κ2) is 5.72. The normalized spacial score (nSPS) is 27.1. The summed E-state index contributed by atoms with van der Waals surface area (Å²) in [5.41, 5.74) is 1.34.